The van der Waals surface area contributed by atoms with Gasteiger partial charge in [-0.05, 0) is 13.8 Å². The van der Waals surface area contributed by atoms with Crippen LogP contribution in [0, 0.1) is 0 Å². The van der Waals surface area contributed by atoms with Crippen LogP contribution >= 0.6 is 0 Å². The maximum atomic E-state index is 11.3. The van der Waals surface area contributed by atoms with Crippen molar-refractivity contribution in [1.29, 1.82) is 0 Å². The SMILES string of the molecule is CO[C@@H]1O[C@@H](C)[C@H](O[C@@H]2O[C@H]([C@H](O)CO)[C@@H](O)[C@H](O[C@@H]3O[C@H]([C@H](O)CO)[C@@H](O)[C@H](O[C@@H]4O[C@@H](C)[C@H](O)[C@@H](O)[C@H]4O)[C@@H]3O)[C@@H]2O)[C@@H](O)[C@H]1O. The summed E-state index contributed by atoms with van der Waals surface area (Å²) in [5.41, 5.74) is 0. The van der Waals surface area contributed by atoms with Gasteiger partial charge in [-0.25, -0.2) is 0 Å². The standard InChI is InChI=1S/C27H48O21/c1-6-10(32)11(33)13(35)25(42-6)47-22-15(37)21(9(31)5-29)46-27(18(22)40)48-23-16(38)20(8(30)4-28)45-26(17(23)39)44-19-7(2)43-24(41-3)14(36)12(19)34/h6-40H,4-5H2,1-3H3/t6-,7-,8+,9+,10-,11+,12-,13+,14+,15+,16+,17-,18-,19-,20+,21+,22-,23-,24+,25-,26+,27-/m0/s1. The van der Waals surface area contributed by atoms with Crippen molar-refractivity contribution < 1.29 is 104 Å². The van der Waals surface area contributed by atoms with Crippen molar-refractivity contribution in [2.75, 3.05) is 20.3 Å². The molecular formula is C27H48O21. The van der Waals surface area contributed by atoms with E-state index in [0.29, 0.717) is 0 Å². The van der Waals surface area contributed by atoms with Crippen LogP contribution in [0.3, 0.4) is 0 Å². The van der Waals surface area contributed by atoms with Gasteiger partial charge in [-0.15, -0.1) is 0 Å². The van der Waals surface area contributed by atoms with Gasteiger partial charge in [-0.1, -0.05) is 0 Å². The predicted octanol–water partition coefficient (Wildman–Crippen LogP) is -8.32. The minimum absolute atomic E-state index is 0.963. The molecule has 0 amide bonds. The molecule has 4 aliphatic heterocycles. The highest BCUT2D eigenvalue weighted by atomic mass is 16.8. The second kappa shape index (κ2) is 16.7. The lowest BCUT2D eigenvalue weighted by atomic mass is 9.93. The molecule has 0 aliphatic carbocycles. The summed E-state index contributed by atoms with van der Waals surface area (Å²) in [6, 6.07) is 0. The van der Waals surface area contributed by atoms with Gasteiger partial charge in [-0.3, -0.25) is 0 Å². The zero-order chi connectivity index (χ0) is 35.8. The number of hydrogen-bond acceptors (Lipinski definition) is 21. The Morgan fingerprint density at radius 3 is 1.29 bits per heavy atom. The topological polar surface area (TPSA) is 337 Å². The normalized spacial score (nSPS) is 51.8. The van der Waals surface area contributed by atoms with E-state index in [-0.39, 0.29) is 0 Å². The molecule has 48 heavy (non-hydrogen) atoms. The first kappa shape index (κ1) is 39.9. The Hall–Kier alpha value is -0.840. The highest BCUT2D eigenvalue weighted by Gasteiger charge is 2.56. The second-order valence-electron chi connectivity index (χ2n) is 12.3. The molecule has 22 atom stereocenters. The van der Waals surface area contributed by atoms with Crippen LogP contribution in [0.15, 0.2) is 0 Å². The molecule has 4 saturated heterocycles. The molecular weight excluding hydrogens is 660 g/mol. The van der Waals surface area contributed by atoms with Gasteiger partial charge < -0.3 is 104 Å². The van der Waals surface area contributed by atoms with Crippen LogP contribution in [0.1, 0.15) is 13.8 Å². The number of ether oxygens (including phenoxy) is 8. The Kier molecular flexibility index (Phi) is 13.9. The Morgan fingerprint density at radius 2 is 0.854 bits per heavy atom. The van der Waals surface area contributed by atoms with Crippen LogP contribution in [-0.2, 0) is 37.9 Å². The predicted molar refractivity (Wildman–Crippen MR) is 148 cm³/mol. The number of aliphatic hydroxyl groups excluding tert-OH is 13. The first-order valence-electron chi connectivity index (χ1n) is 15.4. The summed E-state index contributed by atoms with van der Waals surface area (Å²) in [6.45, 7) is 0.845. The van der Waals surface area contributed by atoms with Crippen molar-refractivity contribution in [2.24, 2.45) is 0 Å². The summed E-state index contributed by atoms with van der Waals surface area (Å²) in [5.74, 6) is 0. The zero-order valence-electron chi connectivity index (χ0n) is 26.2. The molecule has 0 unspecified atom stereocenters. The molecule has 21 heteroatoms. The Balaban J connectivity index is 1.59. The largest absolute Gasteiger partial charge is 0.394 e. The third-order valence-electron chi connectivity index (χ3n) is 8.98. The van der Waals surface area contributed by atoms with Crippen molar-refractivity contribution in [2.45, 2.75) is 149 Å². The van der Waals surface area contributed by atoms with E-state index >= 15 is 0 Å². The van der Waals surface area contributed by atoms with Gasteiger partial charge in [0.1, 0.15) is 97.7 Å². The summed E-state index contributed by atoms with van der Waals surface area (Å²) in [5, 5.41) is 136. The molecule has 4 rings (SSSR count). The van der Waals surface area contributed by atoms with Crippen molar-refractivity contribution in [1.82, 2.24) is 0 Å². The number of methoxy groups -OCH3 is 1. The maximum absolute atomic E-state index is 11.3. The van der Waals surface area contributed by atoms with E-state index in [1.54, 1.807) is 0 Å². The molecule has 0 aromatic heterocycles. The quantitative estimate of drug-likeness (QED) is 0.0947. The summed E-state index contributed by atoms with van der Waals surface area (Å²) in [7, 11) is 1.23. The first-order valence-corrected chi connectivity index (χ1v) is 15.4. The Morgan fingerprint density at radius 1 is 0.458 bits per heavy atom. The summed E-state index contributed by atoms with van der Waals surface area (Å²) in [6.07, 6.45) is -37.9. The van der Waals surface area contributed by atoms with Crippen LogP contribution in [0.4, 0.5) is 0 Å². The zero-order valence-corrected chi connectivity index (χ0v) is 26.2. The van der Waals surface area contributed by atoms with Crippen LogP contribution in [0.2, 0.25) is 0 Å². The third kappa shape index (κ3) is 7.96. The maximum Gasteiger partial charge on any atom is 0.187 e. The van der Waals surface area contributed by atoms with Crippen LogP contribution < -0.4 is 0 Å². The van der Waals surface area contributed by atoms with Gasteiger partial charge in [0.05, 0.1) is 25.4 Å². The molecule has 0 aromatic rings. The minimum Gasteiger partial charge on any atom is -0.394 e. The summed E-state index contributed by atoms with van der Waals surface area (Å²) in [4.78, 5) is 0. The average molecular weight is 709 g/mol. The molecule has 4 fully saturated rings. The van der Waals surface area contributed by atoms with Gasteiger partial charge in [0.25, 0.3) is 0 Å². The Labute approximate surface area is 273 Å². The van der Waals surface area contributed by atoms with Gasteiger partial charge in [0.15, 0.2) is 25.2 Å². The number of aliphatic hydroxyl groups is 13. The Bertz CT molecular complexity index is 997. The fourth-order valence-corrected chi connectivity index (χ4v) is 6.09. The minimum atomic E-state index is -2.09. The van der Waals surface area contributed by atoms with E-state index in [2.05, 4.69) is 0 Å². The van der Waals surface area contributed by atoms with Crippen LogP contribution in [0.5, 0.6) is 0 Å². The molecule has 13 N–H and O–H groups in total. The monoisotopic (exact) mass is 708 g/mol. The molecule has 0 saturated carbocycles. The van der Waals surface area contributed by atoms with Gasteiger partial charge >= 0.3 is 0 Å². The second-order valence-corrected chi connectivity index (χ2v) is 12.3. The smallest absolute Gasteiger partial charge is 0.187 e. The third-order valence-corrected chi connectivity index (χ3v) is 8.98. The fraction of sp³-hybridized carbons (Fsp3) is 1.00. The lowest BCUT2D eigenvalue weighted by Crippen LogP contribution is -2.68. The van der Waals surface area contributed by atoms with Gasteiger partial charge in [0, 0.05) is 7.11 Å². The lowest BCUT2D eigenvalue weighted by Gasteiger charge is -2.50. The van der Waals surface area contributed by atoms with E-state index < -0.39 is 148 Å². The first-order chi connectivity index (χ1) is 22.6. The molecule has 4 heterocycles. The lowest BCUT2D eigenvalue weighted by molar-refractivity contribution is -0.393. The fourth-order valence-electron chi connectivity index (χ4n) is 6.09. The van der Waals surface area contributed by atoms with Crippen molar-refractivity contribution in [3.8, 4) is 0 Å². The molecule has 0 radical (unpaired) electrons. The van der Waals surface area contributed by atoms with Gasteiger partial charge in [0.2, 0.25) is 0 Å². The molecule has 21 nitrogen and oxygen atoms in total. The van der Waals surface area contributed by atoms with Crippen molar-refractivity contribution in [3.63, 3.8) is 0 Å². The molecule has 4 aliphatic rings. The number of rotatable bonds is 11. The van der Waals surface area contributed by atoms with Crippen LogP contribution in [-0.4, -0.2) is 222 Å². The van der Waals surface area contributed by atoms with E-state index in [1.807, 2.05) is 0 Å². The highest BCUT2D eigenvalue weighted by molar-refractivity contribution is 4.99. The van der Waals surface area contributed by atoms with E-state index in [0.717, 1.165) is 0 Å². The highest BCUT2D eigenvalue weighted by Crippen LogP contribution is 2.35. The summed E-state index contributed by atoms with van der Waals surface area (Å²) < 4.78 is 44.0. The molecule has 0 spiro atoms. The molecule has 282 valence electrons. The van der Waals surface area contributed by atoms with E-state index in [9.17, 15) is 66.4 Å². The number of hydrogen-bond donors (Lipinski definition) is 13. The molecule has 0 bridgehead atoms. The van der Waals surface area contributed by atoms with Crippen LogP contribution in [0.25, 0.3) is 0 Å². The van der Waals surface area contributed by atoms with E-state index in [1.165, 1.54) is 21.0 Å². The van der Waals surface area contributed by atoms with Crippen molar-refractivity contribution in [3.05, 3.63) is 0 Å². The van der Waals surface area contributed by atoms with E-state index in [4.69, 9.17) is 37.9 Å². The average Bonchev–Trinajstić information content (AvgIpc) is 3.07. The summed E-state index contributed by atoms with van der Waals surface area (Å²) >= 11 is 0. The van der Waals surface area contributed by atoms with Crippen molar-refractivity contribution >= 4 is 0 Å². The molecule has 0 aromatic carbocycles. The van der Waals surface area contributed by atoms with Gasteiger partial charge in [-0.2, -0.15) is 0 Å².